The number of hydrogen-bond donors (Lipinski definition) is 3. The van der Waals surface area contributed by atoms with Crippen LogP contribution in [0.25, 0.3) is 0 Å². The molecule has 0 aliphatic carbocycles. The molecule has 0 radical (unpaired) electrons. The number of nitrogens with one attached hydrogen (secondary N) is 3. The number of anilines is 3. The zero-order valence-corrected chi connectivity index (χ0v) is 23.5. The quantitative estimate of drug-likeness (QED) is 0.237. The van der Waals surface area contributed by atoms with Crippen molar-refractivity contribution in [1.29, 1.82) is 0 Å². The number of fused-ring (bicyclic) bond motifs is 1. The van der Waals surface area contributed by atoms with Gasteiger partial charge in [-0.15, -0.1) is 0 Å². The molecule has 1 atom stereocenters. The predicted molar refractivity (Wildman–Crippen MR) is 154 cm³/mol. The molecular formula is C30H27BrFN5O2. The standard InChI is InChI=1S/C30H27BrFN5O2/c1-16-5-9-21(10-6-16)35-29(38)22-15-33-37-27(20-8-11-24(32)23(31)14-20)26(19(4)34-28(22)37)30(39)36-25-12-7-17(2)13-18(25)3/h5-15,27,34H,1-4H3,(H,35,38)(H,36,39)/t27-/m1/s1. The largest absolute Gasteiger partial charge is 0.343 e. The van der Waals surface area contributed by atoms with Gasteiger partial charge in [0.05, 0.1) is 16.2 Å². The number of aryl methyl sites for hydroxylation is 3. The van der Waals surface area contributed by atoms with Gasteiger partial charge in [-0.3, -0.25) is 9.59 Å². The molecule has 2 heterocycles. The third-order valence-electron chi connectivity index (χ3n) is 6.71. The lowest BCUT2D eigenvalue weighted by Gasteiger charge is -2.30. The third-order valence-corrected chi connectivity index (χ3v) is 7.32. The molecule has 3 N–H and O–H groups in total. The zero-order valence-electron chi connectivity index (χ0n) is 21.9. The van der Waals surface area contributed by atoms with Crippen molar-refractivity contribution in [2.75, 3.05) is 16.0 Å². The van der Waals surface area contributed by atoms with Crippen LogP contribution in [0.3, 0.4) is 0 Å². The van der Waals surface area contributed by atoms with Gasteiger partial charge in [0.15, 0.2) is 0 Å². The summed E-state index contributed by atoms with van der Waals surface area (Å²) in [6, 6.07) is 17.1. The van der Waals surface area contributed by atoms with E-state index in [1.165, 1.54) is 12.3 Å². The van der Waals surface area contributed by atoms with Crippen LogP contribution in [0.2, 0.25) is 0 Å². The molecular weight excluding hydrogens is 561 g/mol. The summed E-state index contributed by atoms with van der Waals surface area (Å²) in [6.07, 6.45) is 1.47. The first-order valence-corrected chi connectivity index (χ1v) is 13.2. The van der Waals surface area contributed by atoms with Gasteiger partial charge in [0, 0.05) is 17.1 Å². The molecule has 3 aromatic carbocycles. The van der Waals surface area contributed by atoms with E-state index in [2.05, 4.69) is 37.0 Å². The summed E-state index contributed by atoms with van der Waals surface area (Å²) < 4.78 is 16.0. The van der Waals surface area contributed by atoms with Crippen molar-refractivity contribution in [3.8, 4) is 0 Å². The van der Waals surface area contributed by atoms with E-state index in [-0.39, 0.29) is 16.3 Å². The van der Waals surface area contributed by atoms with Crippen LogP contribution in [-0.4, -0.2) is 21.6 Å². The van der Waals surface area contributed by atoms with Crippen LogP contribution in [0.15, 0.2) is 82.6 Å². The number of carbonyl (C=O) groups excluding carboxylic acids is 2. The molecule has 198 valence electrons. The van der Waals surface area contributed by atoms with Crippen molar-refractivity contribution in [2.45, 2.75) is 33.7 Å². The summed E-state index contributed by atoms with van der Waals surface area (Å²) in [5, 5.41) is 13.7. The number of allylic oxidation sites excluding steroid dienone is 1. The molecule has 0 saturated carbocycles. The highest BCUT2D eigenvalue weighted by molar-refractivity contribution is 9.10. The number of hydrogen-bond acceptors (Lipinski definition) is 4. The van der Waals surface area contributed by atoms with Crippen LogP contribution in [0.4, 0.5) is 21.6 Å². The van der Waals surface area contributed by atoms with E-state index in [0.29, 0.717) is 39.6 Å². The molecule has 0 fully saturated rings. The van der Waals surface area contributed by atoms with Crippen molar-refractivity contribution >= 4 is 44.9 Å². The molecule has 0 bridgehead atoms. The molecule has 0 saturated heterocycles. The molecule has 9 heteroatoms. The second-order valence-corrected chi connectivity index (χ2v) is 10.5. The lowest BCUT2D eigenvalue weighted by molar-refractivity contribution is -0.113. The maximum atomic E-state index is 14.2. The number of nitrogens with zero attached hydrogens (tertiary/aromatic N) is 2. The van der Waals surface area contributed by atoms with E-state index < -0.39 is 11.9 Å². The summed E-state index contributed by atoms with van der Waals surface area (Å²) in [5.41, 5.74) is 6.34. The molecule has 1 aromatic heterocycles. The van der Waals surface area contributed by atoms with Gasteiger partial charge in [0.25, 0.3) is 11.8 Å². The normalized spacial score (nSPS) is 14.5. The Morgan fingerprint density at radius 3 is 2.33 bits per heavy atom. The number of halogens is 2. The molecule has 5 rings (SSSR count). The number of aromatic nitrogens is 2. The van der Waals surface area contributed by atoms with Crippen LogP contribution in [0, 0.1) is 26.6 Å². The molecule has 0 spiro atoms. The number of rotatable bonds is 5. The fourth-order valence-electron chi connectivity index (χ4n) is 4.68. The molecule has 1 aliphatic rings. The average molecular weight is 588 g/mol. The first-order chi connectivity index (χ1) is 18.6. The SMILES string of the molecule is CC1=C(C(=O)Nc2ccc(C)cc2C)[C@@H](c2ccc(F)c(Br)c2)n2ncc(C(=O)Nc3ccc(C)cc3)c2N1. The van der Waals surface area contributed by atoms with E-state index in [0.717, 1.165) is 16.7 Å². The van der Waals surface area contributed by atoms with Gasteiger partial charge < -0.3 is 16.0 Å². The fraction of sp³-hybridized carbons (Fsp3) is 0.167. The Labute approximate surface area is 234 Å². The minimum Gasteiger partial charge on any atom is -0.343 e. The van der Waals surface area contributed by atoms with E-state index in [9.17, 15) is 14.0 Å². The summed E-state index contributed by atoms with van der Waals surface area (Å²) in [4.78, 5) is 27.0. The predicted octanol–water partition coefficient (Wildman–Crippen LogP) is 6.89. The van der Waals surface area contributed by atoms with E-state index in [4.69, 9.17) is 0 Å². The van der Waals surface area contributed by atoms with E-state index in [1.54, 1.807) is 23.7 Å². The van der Waals surface area contributed by atoms with Crippen molar-refractivity contribution in [3.05, 3.63) is 116 Å². The number of benzene rings is 3. The molecule has 4 aromatic rings. The Morgan fingerprint density at radius 2 is 1.64 bits per heavy atom. The van der Waals surface area contributed by atoms with Crippen LogP contribution < -0.4 is 16.0 Å². The van der Waals surface area contributed by atoms with Gasteiger partial charge in [-0.25, -0.2) is 9.07 Å². The third kappa shape index (κ3) is 5.22. The molecule has 1 aliphatic heterocycles. The minimum absolute atomic E-state index is 0.261. The highest BCUT2D eigenvalue weighted by atomic mass is 79.9. The van der Waals surface area contributed by atoms with Crippen LogP contribution in [0.5, 0.6) is 0 Å². The first kappa shape index (κ1) is 26.4. The molecule has 0 unspecified atom stereocenters. The van der Waals surface area contributed by atoms with E-state index in [1.807, 2.05) is 63.2 Å². The summed E-state index contributed by atoms with van der Waals surface area (Å²) >= 11 is 3.26. The maximum Gasteiger partial charge on any atom is 0.261 e. The Bertz CT molecular complexity index is 1640. The van der Waals surface area contributed by atoms with Gasteiger partial charge >= 0.3 is 0 Å². The smallest absolute Gasteiger partial charge is 0.261 e. The van der Waals surface area contributed by atoms with Gasteiger partial charge in [-0.2, -0.15) is 5.10 Å². The van der Waals surface area contributed by atoms with Crippen LogP contribution >= 0.6 is 15.9 Å². The minimum atomic E-state index is -0.718. The van der Waals surface area contributed by atoms with Crippen molar-refractivity contribution in [3.63, 3.8) is 0 Å². The zero-order chi connectivity index (χ0) is 27.8. The Balaban J connectivity index is 1.56. The topological polar surface area (TPSA) is 88.0 Å². The van der Waals surface area contributed by atoms with Crippen LogP contribution in [0.1, 0.15) is 45.6 Å². The summed E-state index contributed by atoms with van der Waals surface area (Å²) in [7, 11) is 0. The van der Waals surface area contributed by atoms with Crippen molar-refractivity contribution in [1.82, 2.24) is 9.78 Å². The molecule has 39 heavy (non-hydrogen) atoms. The lowest BCUT2D eigenvalue weighted by atomic mass is 9.94. The Morgan fingerprint density at radius 1 is 0.923 bits per heavy atom. The highest BCUT2D eigenvalue weighted by Gasteiger charge is 2.35. The fourth-order valence-corrected chi connectivity index (χ4v) is 5.08. The second kappa shape index (κ2) is 10.5. The van der Waals surface area contributed by atoms with Gasteiger partial charge in [0.1, 0.15) is 23.2 Å². The molecule has 7 nitrogen and oxygen atoms in total. The van der Waals surface area contributed by atoms with E-state index >= 15 is 0 Å². The van der Waals surface area contributed by atoms with Crippen molar-refractivity contribution in [2.24, 2.45) is 0 Å². The van der Waals surface area contributed by atoms with Crippen molar-refractivity contribution < 1.29 is 14.0 Å². The van der Waals surface area contributed by atoms with Crippen LogP contribution in [-0.2, 0) is 4.79 Å². The summed E-state index contributed by atoms with van der Waals surface area (Å²) in [5.74, 6) is -0.661. The van der Waals surface area contributed by atoms with Gasteiger partial charge in [0.2, 0.25) is 0 Å². The maximum absolute atomic E-state index is 14.2. The Hall–Kier alpha value is -4.24. The number of carbonyl (C=O) groups is 2. The summed E-state index contributed by atoms with van der Waals surface area (Å²) in [6.45, 7) is 7.67. The average Bonchev–Trinajstić information content (AvgIpc) is 3.31. The van der Waals surface area contributed by atoms with Gasteiger partial charge in [-0.1, -0.05) is 41.5 Å². The lowest BCUT2D eigenvalue weighted by Crippen LogP contribution is -2.32. The molecule has 2 amide bonds. The highest BCUT2D eigenvalue weighted by Crippen LogP contribution is 2.39. The first-order valence-electron chi connectivity index (χ1n) is 12.4. The van der Waals surface area contributed by atoms with Gasteiger partial charge in [-0.05, 0) is 85.1 Å². The second-order valence-electron chi connectivity index (χ2n) is 9.68. The number of amides is 2. The monoisotopic (exact) mass is 587 g/mol. The Kier molecular flexibility index (Phi) is 7.10.